The van der Waals surface area contributed by atoms with Gasteiger partial charge in [0.2, 0.25) is 0 Å². The van der Waals surface area contributed by atoms with Gasteiger partial charge >= 0.3 is 0 Å². The van der Waals surface area contributed by atoms with Gasteiger partial charge in [0.05, 0.1) is 25.1 Å². The van der Waals surface area contributed by atoms with Gasteiger partial charge in [-0.05, 0) is 34.4 Å². The monoisotopic (exact) mass is 505 g/mol. The van der Waals surface area contributed by atoms with Crippen LogP contribution in [0.5, 0.6) is 0 Å². The first-order valence-corrected chi connectivity index (χ1v) is 14.2. The van der Waals surface area contributed by atoms with Gasteiger partial charge in [0.25, 0.3) is 0 Å². The highest BCUT2D eigenvalue weighted by Gasteiger charge is 2.22. The molecule has 0 spiro atoms. The lowest BCUT2D eigenvalue weighted by Crippen LogP contribution is -1.94. The summed E-state index contributed by atoms with van der Waals surface area (Å²) in [7, 11) is 0. The molecule has 0 aliphatic carbocycles. The Hall–Kier alpha value is -4.18. The average molecular weight is 506 g/mol. The average Bonchev–Trinajstić information content (AvgIpc) is 3.62. The summed E-state index contributed by atoms with van der Waals surface area (Å²) in [6.45, 7) is 0. The fourth-order valence-electron chi connectivity index (χ4n) is 6.25. The number of rotatable bonds is 1. The van der Waals surface area contributed by atoms with E-state index in [1.54, 1.807) is 0 Å². The van der Waals surface area contributed by atoms with Crippen LogP contribution in [0.3, 0.4) is 0 Å². The minimum Gasteiger partial charge on any atom is -0.307 e. The molecule has 0 aliphatic heterocycles. The van der Waals surface area contributed by atoms with Gasteiger partial charge in [-0.3, -0.25) is 0 Å². The Morgan fingerprint density at radius 3 is 1.78 bits per heavy atom. The Labute approximate surface area is 220 Å². The van der Waals surface area contributed by atoms with E-state index in [9.17, 15) is 0 Å². The first-order valence-electron chi connectivity index (χ1n) is 12.5. The van der Waals surface area contributed by atoms with E-state index in [0.29, 0.717) is 0 Å². The van der Waals surface area contributed by atoms with Gasteiger partial charge in [-0.2, -0.15) is 0 Å². The lowest BCUT2D eigenvalue weighted by molar-refractivity contribution is 1.19. The zero-order valence-corrected chi connectivity index (χ0v) is 21.4. The normalized spacial score (nSPS) is 12.3. The van der Waals surface area contributed by atoms with Gasteiger partial charge in [0, 0.05) is 37.3 Å². The molecule has 0 radical (unpaired) electrons. The van der Waals surface area contributed by atoms with Gasteiger partial charge in [-0.25, -0.2) is 0 Å². The second-order valence-corrected chi connectivity index (χ2v) is 11.8. The van der Waals surface area contributed by atoms with Crippen LogP contribution >= 0.6 is 22.7 Å². The van der Waals surface area contributed by atoms with Crippen LogP contribution in [-0.4, -0.2) is 4.57 Å². The second-order valence-electron chi connectivity index (χ2n) is 9.68. The lowest BCUT2D eigenvalue weighted by Gasteiger charge is -2.12. The zero-order chi connectivity index (χ0) is 24.1. The van der Waals surface area contributed by atoms with E-state index in [4.69, 9.17) is 0 Å². The summed E-state index contributed by atoms with van der Waals surface area (Å²) in [4.78, 5) is 0. The van der Waals surface area contributed by atoms with E-state index in [2.05, 4.69) is 120 Å². The number of nitrogens with zero attached hydrogens (tertiary/aromatic N) is 1. The first kappa shape index (κ1) is 19.9. The molecule has 0 atom stereocenters. The highest BCUT2D eigenvalue weighted by Crippen LogP contribution is 2.50. The van der Waals surface area contributed by atoms with Crippen molar-refractivity contribution in [2.24, 2.45) is 0 Å². The van der Waals surface area contributed by atoms with Crippen molar-refractivity contribution in [3.8, 4) is 5.69 Å². The van der Waals surface area contributed by atoms with E-state index in [0.717, 1.165) is 0 Å². The van der Waals surface area contributed by atoms with Crippen molar-refractivity contribution in [1.82, 2.24) is 4.57 Å². The van der Waals surface area contributed by atoms with Crippen LogP contribution in [-0.2, 0) is 0 Å². The van der Waals surface area contributed by atoms with E-state index in [1.165, 1.54) is 78.6 Å². The van der Waals surface area contributed by atoms with Crippen LogP contribution in [0.2, 0.25) is 0 Å². The van der Waals surface area contributed by atoms with Gasteiger partial charge in [-0.15, -0.1) is 22.7 Å². The Kier molecular flexibility index (Phi) is 3.88. The molecule has 0 amide bonds. The second kappa shape index (κ2) is 7.19. The summed E-state index contributed by atoms with van der Waals surface area (Å²) >= 11 is 3.87. The van der Waals surface area contributed by atoms with Crippen molar-refractivity contribution >= 4 is 95.6 Å². The molecule has 3 heteroatoms. The van der Waals surface area contributed by atoms with Crippen molar-refractivity contribution in [2.75, 3.05) is 0 Å². The minimum absolute atomic E-state index is 1.21. The number of hydrogen-bond donors (Lipinski definition) is 0. The summed E-state index contributed by atoms with van der Waals surface area (Å²) in [5, 5.41) is 10.6. The van der Waals surface area contributed by atoms with Crippen molar-refractivity contribution in [3.63, 3.8) is 0 Å². The molecule has 0 unspecified atom stereocenters. The van der Waals surface area contributed by atoms with E-state index in [1.807, 2.05) is 22.7 Å². The molecule has 172 valence electrons. The summed E-state index contributed by atoms with van der Waals surface area (Å²) in [6, 6.07) is 42.3. The molecule has 3 heterocycles. The molecule has 0 aliphatic rings. The van der Waals surface area contributed by atoms with Crippen LogP contribution < -0.4 is 0 Å². The molecule has 6 aromatic carbocycles. The molecule has 1 nitrogen and oxygen atoms in total. The van der Waals surface area contributed by atoms with Crippen LogP contribution in [0, 0.1) is 0 Å². The summed E-state index contributed by atoms with van der Waals surface area (Å²) in [5.41, 5.74) is 3.82. The Balaban J connectivity index is 1.62. The topological polar surface area (TPSA) is 4.93 Å². The third-order valence-electron chi connectivity index (χ3n) is 7.77. The smallest absolute Gasteiger partial charge is 0.0720 e. The third-order valence-corrected chi connectivity index (χ3v) is 10.3. The number of hydrogen-bond acceptors (Lipinski definition) is 2. The van der Waals surface area contributed by atoms with Crippen molar-refractivity contribution < 1.29 is 0 Å². The summed E-state index contributed by atoms with van der Waals surface area (Å²) in [6.07, 6.45) is 0. The van der Waals surface area contributed by atoms with Gasteiger partial charge < -0.3 is 4.57 Å². The number of benzene rings is 6. The van der Waals surface area contributed by atoms with E-state index >= 15 is 0 Å². The molecule has 0 saturated heterocycles. The molecule has 9 rings (SSSR count). The number of fused-ring (bicyclic) bond motifs is 14. The van der Waals surface area contributed by atoms with Crippen LogP contribution in [0.1, 0.15) is 0 Å². The standard InChI is InChI=1S/C34H19NS2/c1-2-10-20(11-3-1)35-30-24-15-7-5-13-22(24)21-12-4-6-14-23(21)29(30)26-18-19-27-32(31(26)35)37-33-25-16-8-9-17-28(25)36-34(27)33/h1-19H. The zero-order valence-electron chi connectivity index (χ0n) is 19.7. The predicted molar refractivity (Wildman–Crippen MR) is 164 cm³/mol. The van der Waals surface area contributed by atoms with Gasteiger partial charge in [-0.1, -0.05) is 97.1 Å². The molecule has 3 aromatic heterocycles. The molecular weight excluding hydrogens is 487 g/mol. The number of aromatic nitrogens is 1. The lowest BCUT2D eigenvalue weighted by atomic mass is 9.96. The number of thiophene rings is 2. The molecule has 37 heavy (non-hydrogen) atoms. The van der Waals surface area contributed by atoms with Crippen LogP contribution in [0.25, 0.3) is 78.6 Å². The molecule has 0 bridgehead atoms. The highest BCUT2D eigenvalue weighted by molar-refractivity contribution is 7.37. The number of para-hydroxylation sites is 1. The molecule has 0 fully saturated rings. The van der Waals surface area contributed by atoms with Crippen LogP contribution in [0.15, 0.2) is 115 Å². The third kappa shape index (κ3) is 2.53. The summed E-state index contributed by atoms with van der Waals surface area (Å²) in [5.74, 6) is 0. The maximum Gasteiger partial charge on any atom is 0.0720 e. The van der Waals surface area contributed by atoms with Gasteiger partial charge in [0.1, 0.15) is 0 Å². The predicted octanol–water partition coefficient (Wildman–Crippen LogP) is 10.7. The minimum atomic E-state index is 1.21. The van der Waals surface area contributed by atoms with Crippen molar-refractivity contribution in [3.05, 3.63) is 115 Å². The molecular formula is C34H19NS2. The van der Waals surface area contributed by atoms with Crippen molar-refractivity contribution in [1.29, 1.82) is 0 Å². The van der Waals surface area contributed by atoms with E-state index < -0.39 is 0 Å². The van der Waals surface area contributed by atoms with Crippen LogP contribution in [0.4, 0.5) is 0 Å². The Morgan fingerprint density at radius 2 is 0.973 bits per heavy atom. The fraction of sp³-hybridized carbons (Fsp3) is 0. The quantitative estimate of drug-likeness (QED) is 0.196. The Bertz CT molecular complexity index is 2350. The molecule has 0 N–H and O–H groups in total. The van der Waals surface area contributed by atoms with Gasteiger partial charge in [0.15, 0.2) is 0 Å². The highest BCUT2D eigenvalue weighted by atomic mass is 32.1. The molecule has 9 aromatic rings. The maximum absolute atomic E-state index is 2.53. The largest absolute Gasteiger partial charge is 0.307 e. The molecule has 0 saturated carbocycles. The SMILES string of the molecule is c1ccc(-n2c3c(ccc4c5sc6ccccc6c5sc43)c3c4ccccc4c4ccccc4c32)cc1. The van der Waals surface area contributed by atoms with Crippen molar-refractivity contribution in [2.45, 2.75) is 0 Å². The maximum atomic E-state index is 2.53. The van der Waals surface area contributed by atoms with E-state index in [-0.39, 0.29) is 0 Å². The fourth-order valence-corrected chi connectivity index (χ4v) is 9.04. The summed E-state index contributed by atoms with van der Waals surface area (Å²) < 4.78 is 8.08. The first-order chi connectivity index (χ1) is 18.4. The Morgan fingerprint density at radius 1 is 0.378 bits per heavy atom.